The minimum absolute atomic E-state index is 0.0796. The van der Waals surface area contributed by atoms with E-state index < -0.39 is 17.8 Å². The number of para-hydroxylation sites is 2. The lowest BCUT2D eigenvalue weighted by Gasteiger charge is -2.32. The Labute approximate surface area is 205 Å². The highest BCUT2D eigenvalue weighted by atomic mass is 19.1. The van der Waals surface area contributed by atoms with Gasteiger partial charge in [0, 0.05) is 24.6 Å². The second-order valence-electron chi connectivity index (χ2n) is 8.42. The lowest BCUT2D eigenvalue weighted by atomic mass is 10.0. The largest absolute Gasteiger partial charge is 0.493 e. The highest BCUT2D eigenvalue weighted by Gasteiger charge is 2.31. The van der Waals surface area contributed by atoms with E-state index in [2.05, 4.69) is 5.32 Å². The fraction of sp³-hybridized carbons (Fsp3) is 0.286. The summed E-state index contributed by atoms with van der Waals surface area (Å²) in [6.07, 6.45) is 0.272. The molecule has 0 aromatic heterocycles. The third kappa shape index (κ3) is 7.30. The number of nitrogens with zero attached hydrogens (tertiary/aromatic N) is 1. The smallest absolute Gasteiger partial charge is 0.261 e. The van der Waals surface area contributed by atoms with Crippen LogP contribution in [0, 0.1) is 5.82 Å². The van der Waals surface area contributed by atoms with E-state index >= 15 is 0 Å². The number of methoxy groups -OCH3 is 1. The van der Waals surface area contributed by atoms with Crippen LogP contribution in [-0.4, -0.2) is 42.5 Å². The van der Waals surface area contributed by atoms with Crippen LogP contribution in [-0.2, 0) is 22.6 Å². The molecule has 0 saturated heterocycles. The summed E-state index contributed by atoms with van der Waals surface area (Å²) in [5, 5.41) is 2.90. The molecule has 1 atom stereocenters. The zero-order valence-corrected chi connectivity index (χ0v) is 20.2. The predicted octanol–water partition coefficient (Wildman–Crippen LogP) is 4.38. The van der Waals surface area contributed by atoms with Crippen molar-refractivity contribution >= 4 is 11.8 Å². The van der Waals surface area contributed by atoms with Crippen molar-refractivity contribution < 1.29 is 23.5 Å². The van der Waals surface area contributed by atoms with Gasteiger partial charge in [-0.3, -0.25) is 9.59 Å². The SMILES string of the molecule is COc1ccccc1OCC(=O)N(Cc1ccccc1F)[C@@H](Cc1ccccc1)C(=O)NC(C)C. The topological polar surface area (TPSA) is 67.9 Å². The minimum atomic E-state index is -0.867. The van der Waals surface area contributed by atoms with Crippen molar-refractivity contribution in [2.45, 2.75) is 38.9 Å². The molecule has 6 nitrogen and oxygen atoms in total. The van der Waals surface area contributed by atoms with Crippen LogP contribution in [0.5, 0.6) is 11.5 Å². The van der Waals surface area contributed by atoms with E-state index in [9.17, 15) is 14.0 Å². The average molecular weight is 479 g/mol. The summed E-state index contributed by atoms with van der Waals surface area (Å²) < 4.78 is 25.6. The lowest BCUT2D eigenvalue weighted by Crippen LogP contribution is -2.53. The van der Waals surface area contributed by atoms with Gasteiger partial charge in [-0.25, -0.2) is 4.39 Å². The quantitative estimate of drug-likeness (QED) is 0.444. The van der Waals surface area contributed by atoms with Gasteiger partial charge in [0.15, 0.2) is 18.1 Å². The van der Waals surface area contributed by atoms with Gasteiger partial charge in [0.1, 0.15) is 11.9 Å². The summed E-state index contributed by atoms with van der Waals surface area (Å²) in [4.78, 5) is 28.2. The second-order valence-corrected chi connectivity index (χ2v) is 8.42. The monoisotopic (exact) mass is 478 g/mol. The number of hydrogen-bond donors (Lipinski definition) is 1. The van der Waals surface area contributed by atoms with Gasteiger partial charge in [0.05, 0.1) is 7.11 Å². The third-order valence-corrected chi connectivity index (χ3v) is 5.42. The van der Waals surface area contributed by atoms with Crippen molar-refractivity contribution in [1.29, 1.82) is 0 Å². The van der Waals surface area contributed by atoms with Crippen LogP contribution in [0.25, 0.3) is 0 Å². The van der Waals surface area contributed by atoms with Crippen LogP contribution >= 0.6 is 0 Å². The van der Waals surface area contributed by atoms with Gasteiger partial charge in [-0.1, -0.05) is 60.7 Å². The first-order chi connectivity index (χ1) is 16.9. The van der Waals surface area contributed by atoms with Gasteiger partial charge in [-0.05, 0) is 37.6 Å². The van der Waals surface area contributed by atoms with E-state index in [-0.39, 0.29) is 31.5 Å². The molecule has 0 fully saturated rings. The molecule has 3 rings (SSSR count). The maximum absolute atomic E-state index is 14.6. The Bertz CT molecular complexity index is 1120. The fourth-order valence-electron chi connectivity index (χ4n) is 3.71. The van der Waals surface area contributed by atoms with Crippen LogP contribution in [0.15, 0.2) is 78.9 Å². The Hall–Kier alpha value is -3.87. The summed E-state index contributed by atoms with van der Waals surface area (Å²) in [5.41, 5.74) is 1.20. The van der Waals surface area contributed by atoms with E-state index in [4.69, 9.17) is 9.47 Å². The standard InChI is InChI=1S/C28H31FN2O4/c1-20(2)30-28(33)24(17-21-11-5-4-6-12-21)31(18-22-13-7-8-14-23(22)29)27(32)19-35-26-16-10-9-15-25(26)34-3/h4-16,20,24H,17-19H2,1-3H3,(H,30,33)/t24-/m0/s1. The molecule has 7 heteroatoms. The summed E-state index contributed by atoms with van der Waals surface area (Å²) in [6.45, 7) is 3.29. The van der Waals surface area contributed by atoms with Gasteiger partial charge >= 0.3 is 0 Å². The fourth-order valence-corrected chi connectivity index (χ4v) is 3.71. The summed E-state index contributed by atoms with van der Waals surface area (Å²) in [6, 6.07) is 21.7. The maximum Gasteiger partial charge on any atom is 0.261 e. The van der Waals surface area contributed by atoms with Crippen molar-refractivity contribution in [2.24, 2.45) is 0 Å². The molecule has 0 bridgehead atoms. The number of hydrogen-bond acceptors (Lipinski definition) is 4. The first-order valence-electron chi connectivity index (χ1n) is 11.5. The van der Waals surface area contributed by atoms with Gasteiger partial charge in [0.25, 0.3) is 5.91 Å². The zero-order chi connectivity index (χ0) is 25.2. The van der Waals surface area contributed by atoms with E-state index in [1.165, 1.54) is 18.1 Å². The highest BCUT2D eigenvalue weighted by molar-refractivity contribution is 5.88. The average Bonchev–Trinajstić information content (AvgIpc) is 2.86. The number of nitrogens with one attached hydrogen (secondary N) is 1. The number of carbonyl (C=O) groups excluding carboxylic acids is 2. The van der Waals surface area contributed by atoms with Crippen molar-refractivity contribution in [3.8, 4) is 11.5 Å². The van der Waals surface area contributed by atoms with Crippen molar-refractivity contribution in [3.05, 3.63) is 95.8 Å². The van der Waals surface area contributed by atoms with Crippen LogP contribution in [0.1, 0.15) is 25.0 Å². The molecule has 0 aliphatic heterocycles. The molecular weight excluding hydrogens is 447 g/mol. The number of ether oxygens (including phenoxy) is 2. The Kier molecular flexibility index (Phi) is 9.23. The van der Waals surface area contributed by atoms with Gasteiger partial charge in [0.2, 0.25) is 5.91 Å². The predicted molar refractivity (Wildman–Crippen MR) is 133 cm³/mol. The zero-order valence-electron chi connectivity index (χ0n) is 20.2. The lowest BCUT2D eigenvalue weighted by molar-refractivity contribution is -0.143. The first kappa shape index (κ1) is 25.7. The molecular formula is C28H31FN2O4. The van der Waals surface area contributed by atoms with Crippen molar-refractivity contribution in [2.75, 3.05) is 13.7 Å². The Morgan fingerprint density at radius 3 is 2.20 bits per heavy atom. The Morgan fingerprint density at radius 1 is 0.914 bits per heavy atom. The summed E-state index contributed by atoms with van der Waals surface area (Å²) in [5.74, 6) is -0.316. The van der Waals surface area contributed by atoms with Crippen LogP contribution in [0.3, 0.4) is 0 Å². The minimum Gasteiger partial charge on any atom is -0.493 e. The van der Waals surface area contributed by atoms with Crippen molar-refractivity contribution in [3.63, 3.8) is 0 Å². The molecule has 3 aromatic carbocycles. The molecule has 0 aliphatic carbocycles. The van der Waals surface area contributed by atoms with Crippen LogP contribution in [0.2, 0.25) is 0 Å². The maximum atomic E-state index is 14.6. The van der Waals surface area contributed by atoms with E-state index in [1.54, 1.807) is 42.5 Å². The number of halogens is 1. The Morgan fingerprint density at radius 2 is 1.54 bits per heavy atom. The highest BCUT2D eigenvalue weighted by Crippen LogP contribution is 2.26. The van der Waals surface area contributed by atoms with Gasteiger partial charge in [-0.2, -0.15) is 0 Å². The number of carbonyl (C=O) groups is 2. The third-order valence-electron chi connectivity index (χ3n) is 5.42. The molecule has 184 valence electrons. The summed E-state index contributed by atoms with van der Waals surface area (Å²) in [7, 11) is 1.51. The molecule has 2 amide bonds. The normalized spacial score (nSPS) is 11.6. The molecule has 1 N–H and O–H groups in total. The van der Waals surface area contributed by atoms with E-state index in [0.717, 1.165) is 5.56 Å². The number of benzene rings is 3. The molecule has 0 aliphatic rings. The number of amides is 2. The first-order valence-corrected chi connectivity index (χ1v) is 11.5. The molecule has 3 aromatic rings. The summed E-state index contributed by atoms with van der Waals surface area (Å²) >= 11 is 0. The van der Waals surface area contributed by atoms with Gasteiger partial charge < -0.3 is 19.7 Å². The number of rotatable bonds is 11. The molecule has 0 spiro atoms. The van der Waals surface area contributed by atoms with Gasteiger partial charge in [-0.15, -0.1) is 0 Å². The Balaban J connectivity index is 1.93. The van der Waals surface area contributed by atoms with E-state index in [1.807, 2.05) is 44.2 Å². The van der Waals surface area contributed by atoms with Crippen LogP contribution in [0.4, 0.5) is 4.39 Å². The molecule has 0 radical (unpaired) electrons. The van der Waals surface area contributed by atoms with Crippen molar-refractivity contribution in [1.82, 2.24) is 10.2 Å². The molecule has 0 unspecified atom stereocenters. The molecule has 0 saturated carbocycles. The molecule has 0 heterocycles. The van der Waals surface area contributed by atoms with E-state index in [0.29, 0.717) is 17.1 Å². The van der Waals surface area contributed by atoms with Crippen LogP contribution < -0.4 is 14.8 Å². The second kappa shape index (κ2) is 12.6. The molecule has 35 heavy (non-hydrogen) atoms.